The predicted molar refractivity (Wildman–Crippen MR) is 67.1 cm³/mol. The van der Waals surface area contributed by atoms with Gasteiger partial charge in [0.25, 0.3) is 5.56 Å². The van der Waals surface area contributed by atoms with Gasteiger partial charge < -0.3 is 4.52 Å². The summed E-state index contributed by atoms with van der Waals surface area (Å²) in [6, 6.07) is 5.35. The Morgan fingerprint density at radius 2 is 2.22 bits per heavy atom. The molecule has 6 nitrogen and oxygen atoms in total. The minimum absolute atomic E-state index is 0.127. The van der Waals surface area contributed by atoms with Gasteiger partial charge in [0.1, 0.15) is 0 Å². The quantitative estimate of drug-likeness (QED) is 0.719. The SMILES string of the molecule is O=c1c2ccc(Br)cc2ncn1Cc1ncon1. The van der Waals surface area contributed by atoms with Crippen LogP contribution in [0.3, 0.4) is 0 Å². The molecule has 3 rings (SSSR count). The molecule has 0 aliphatic carbocycles. The van der Waals surface area contributed by atoms with Crippen LogP contribution in [0.1, 0.15) is 5.82 Å². The summed E-state index contributed by atoms with van der Waals surface area (Å²) in [5, 5.41) is 4.23. The zero-order chi connectivity index (χ0) is 12.5. The molecule has 0 spiro atoms. The van der Waals surface area contributed by atoms with Gasteiger partial charge in [-0.3, -0.25) is 9.36 Å². The van der Waals surface area contributed by atoms with E-state index >= 15 is 0 Å². The number of hydrogen-bond acceptors (Lipinski definition) is 5. The molecule has 0 N–H and O–H groups in total. The summed E-state index contributed by atoms with van der Waals surface area (Å²) >= 11 is 3.34. The van der Waals surface area contributed by atoms with Crippen LogP contribution in [0.25, 0.3) is 10.9 Å². The molecule has 90 valence electrons. The van der Waals surface area contributed by atoms with Crippen molar-refractivity contribution < 1.29 is 4.52 Å². The van der Waals surface area contributed by atoms with Crippen LogP contribution < -0.4 is 5.56 Å². The van der Waals surface area contributed by atoms with Crippen molar-refractivity contribution in [3.63, 3.8) is 0 Å². The van der Waals surface area contributed by atoms with Crippen LogP contribution in [0.2, 0.25) is 0 Å². The standard InChI is InChI=1S/C11H7BrN4O2/c12-7-1-2-8-9(3-7)13-5-16(11(8)17)4-10-14-6-18-15-10/h1-3,5-6H,4H2. The Balaban J connectivity index is 2.12. The van der Waals surface area contributed by atoms with Crippen molar-refractivity contribution in [1.82, 2.24) is 19.7 Å². The van der Waals surface area contributed by atoms with Crippen molar-refractivity contribution >= 4 is 26.8 Å². The molecule has 2 heterocycles. The van der Waals surface area contributed by atoms with E-state index in [1.807, 2.05) is 6.07 Å². The molecule has 18 heavy (non-hydrogen) atoms. The first-order valence-electron chi connectivity index (χ1n) is 5.14. The van der Waals surface area contributed by atoms with Crippen LogP contribution in [-0.4, -0.2) is 19.7 Å². The highest BCUT2D eigenvalue weighted by molar-refractivity contribution is 9.10. The Kier molecular flexibility index (Phi) is 2.67. The lowest BCUT2D eigenvalue weighted by molar-refractivity contribution is 0.408. The summed E-state index contributed by atoms with van der Waals surface area (Å²) in [5.74, 6) is 0.440. The lowest BCUT2D eigenvalue weighted by Gasteiger charge is -2.03. The molecule has 7 heteroatoms. The second kappa shape index (κ2) is 4.34. The molecule has 0 amide bonds. The third kappa shape index (κ3) is 1.92. The van der Waals surface area contributed by atoms with Gasteiger partial charge in [-0.15, -0.1) is 0 Å². The van der Waals surface area contributed by atoms with E-state index in [1.165, 1.54) is 17.3 Å². The Morgan fingerprint density at radius 1 is 1.33 bits per heavy atom. The van der Waals surface area contributed by atoms with Gasteiger partial charge >= 0.3 is 0 Å². The van der Waals surface area contributed by atoms with Gasteiger partial charge in [-0.2, -0.15) is 4.98 Å². The lowest BCUT2D eigenvalue weighted by Crippen LogP contribution is -2.21. The minimum Gasteiger partial charge on any atom is -0.343 e. The Labute approximate surface area is 109 Å². The minimum atomic E-state index is -0.127. The Bertz CT molecular complexity index is 751. The Morgan fingerprint density at radius 3 is 3.00 bits per heavy atom. The third-order valence-corrected chi connectivity index (χ3v) is 3.00. The molecule has 0 radical (unpaired) electrons. The second-order valence-electron chi connectivity index (χ2n) is 3.69. The molecule has 1 aromatic carbocycles. The number of benzene rings is 1. The summed E-state index contributed by atoms with van der Waals surface area (Å²) in [4.78, 5) is 20.3. The van der Waals surface area contributed by atoms with Crippen LogP contribution in [0.15, 0.2) is 44.7 Å². The molecule has 3 aromatic rings. The smallest absolute Gasteiger partial charge is 0.261 e. The van der Waals surface area contributed by atoms with Crippen molar-refractivity contribution in [3.05, 3.63) is 51.6 Å². The van der Waals surface area contributed by atoms with E-state index in [1.54, 1.807) is 12.1 Å². The number of nitrogens with zero attached hydrogens (tertiary/aromatic N) is 4. The molecular weight excluding hydrogens is 300 g/mol. The fraction of sp³-hybridized carbons (Fsp3) is 0.0909. The van der Waals surface area contributed by atoms with Crippen LogP contribution in [0, 0.1) is 0 Å². The molecule has 2 aromatic heterocycles. The zero-order valence-electron chi connectivity index (χ0n) is 9.08. The maximum atomic E-state index is 12.2. The summed E-state index contributed by atoms with van der Waals surface area (Å²) in [5.41, 5.74) is 0.524. The third-order valence-electron chi connectivity index (χ3n) is 2.51. The van der Waals surface area contributed by atoms with Gasteiger partial charge in [-0.1, -0.05) is 21.1 Å². The topological polar surface area (TPSA) is 73.8 Å². The van der Waals surface area contributed by atoms with Crippen molar-refractivity contribution in [2.24, 2.45) is 0 Å². The molecule has 0 bridgehead atoms. The molecule has 0 atom stereocenters. The van der Waals surface area contributed by atoms with Crippen LogP contribution in [-0.2, 0) is 6.54 Å². The van der Waals surface area contributed by atoms with Crippen molar-refractivity contribution in [2.75, 3.05) is 0 Å². The van der Waals surface area contributed by atoms with Crippen molar-refractivity contribution in [1.29, 1.82) is 0 Å². The predicted octanol–water partition coefficient (Wildman–Crippen LogP) is 1.59. The van der Waals surface area contributed by atoms with Crippen LogP contribution >= 0.6 is 15.9 Å². The second-order valence-corrected chi connectivity index (χ2v) is 4.60. The molecule has 0 unspecified atom stereocenters. The average molecular weight is 307 g/mol. The number of fused-ring (bicyclic) bond motifs is 1. The molecule has 0 aliphatic heterocycles. The number of hydrogen-bond donors (Lipinski definition) is 0. The van der Waals surface area contributed by atoms with E-state index in [-0.39, 0.29) is 12.1 Å². The highest BCUT2D eigenvalue weighted by atomic mass is 79.9. The fourth-order valence-corrected chi connectivity index (χ4v) is 2.01. The highest BCUT2D eigenvalue weighted by Gasteiger charge is 2.07. The summed E-state index contributed by atoms with van der Waals surface area (Å²) in [6.07, 6.45) is 2.71. The monoisotopic (exact) mass is 306 g/mol. The van der Waals surface area contributed by atoms with Crippen LogP contribution in [0.5, 0.6) is 0 Å². The normalized spacial score (nSPS) is 10.9. The van der Waals surface area contributed by atoms with E-state index in [9.17, 15) is 4.79 Å². The lowest BCUT2D eigenvalue weighted by atomic mass is 10.2. The molecule has 0 aliphatic rings. The van der Waals surface area contributed by atoms with E-state index in [0.717, 1.165) is 4.47 Å². The van der Waals surface area contributed by atoms with E-state index < -0.39 is 0 Å². The van der Waals surface area contributed by atoms with Gasteiger partial charge in [0.05, 0.1) is 23.8 Å². The summed E-state index contributed by atoms with van der Waals surface area (Å²) in [6.45, 7) is 0.244. The van der Waals surface area contributed by atoms with Crippen molar-refractivity contribution in [2.45, 2.75) is 6.54 Å². The van der Waals surface area contributed by atoms with E-state index in [2.05, 4.69) is 35.6 Å². The average Bonchev–Trinajstić information content (AvgIpc) is 2.85. The zero-order valence-corrected chi connectivity index (χ0v) is 10.7. The van der Waals surface area contributed by atoms with E-state index in [0.29, 0.717) is 16.7 Å². The maximum absolute atomic E-state index is 12.2. The van der Waals surface area contributed by atoms with Gasteiger partial charge in [0.15, 0.2) is 5.82 Å². The number of halogens is 1. The number of aromatic nitrogens is 4. The molecule has 0 fully saturated rings. The summed E-state index contributed by atoms with van der Waals surface area (Å²) < 4.78 is 6.96. The molecular formula is C11H7BrN4O2. The largest absolute Gasteiger partial charge is 0.343 e. The van der Waals surface area contributed by atoms with Crippen LogP contribution in [0.4, 0.5) is 0 Å². The maximum Gasteiger partial charge on any atom is 0.261 e. The summed E-state index contributed by atoms with van der Waals surface area (Å²) in [7, 11) is 0. The number of rotatable bonds is 2. The Hall–Kier alpha value is -2.02. The highest BCUT2D eigenvalue weighted by Crippen LogP contribution is 2.14. The van der Waals surface area contributed by atoms with E-state index in [4.69, 9.17) is 0 Å². The van der Waals surface area contributed by atoms with Gasteiger partial charge in [0, 0.05) is 4.47 Å². The first-order chi connectivity index (χ1) is 8.74. The molecule has 0 saturated carbocycles. The molecule has 0 saturated heterocycles. The first-order valence-corrected chi connectivity index (χ1v) is 5.93. The first kappa shape index (κ1) is 11.1. The fourth-order valence-electron chi connectivity index (χ4n) is 1.66. The van der Waals surface area contributed by atoms with Crippen molar-refractivity contribution in [3.8, 4) is 0 Å². The van der Waals surface area contributed by atoms with Gasteiger partial charge in [0.2, 0.25) is 6.39 Å². The van der Waals surface area contributed by atoms with Gasteiger partial charge in [-0.05, 0) is 18.2 Å². The van der Waals surface area contributed by atoms with Gasteiger partial charge in [-0.25, -0.2) is 4.98 Å².